The highest BCUT2D eigenvalue weighted by molar-refractivity contribution is 5.36. The highest BCUT2D eigenvalue weighted by Crippen LogP contribution is 2.36. The van der Waals surface area contributed by atoms with E-state index in [2.05, 4.69) is 22.8 Å². The Balaban J connectivity index is 1.46. The van der Waals surface area contributed by atoms with Gasteiger partial charge >= 0.3 is 0 Å². The predicted octanol–water partition coefficient (Wildman–Crippen LogP) is 1.43. The van der Waals surface area contributed by atoms with Crippen LogP contribution in [0.5, 0.6) is 0 Å². The number of aromatic nitrogens is 2. The lowest BCUT2D eigenvalue weighted by atomic mass is 9.83. The minimum Gasteiger partial charge on any atom is -0.396 e. The van der Waals surface area contributed by atoms with Gasteiger partial charge in [-0.05, 0) is 31.7 Å². The van der Waals surface area contributed by atoms with Crippen LogP contribution < -0.4 is 4.90 Å². The van der Waals surface area contributed by atoms with Crippen LogP contribution in [0.2, 0.25) is 0 Å². The number of hydrogen-bond acceptors (Lipinski definition) is 6. The predicted molar refractivity (Wildman–Crippen MR) is 96.9 cm³/mol. The molecule has 25 heavy (non-hydrogen) atoms. The molecule has 1 N–H and O–H groups in total. The van der Waals surface area contributed by atoms with Crippen LogP contribution in [0.1, 0.15) is 36.6 Å². The van der Waals surface area contributed by atoms with E-state index in [0.717, 1.165) is 57.6 Å². The van der Waals surface area contributed by atoms with Crippen molar-refractivity contribution in [1.29, 1.82) is 0 Å². The molecule has 2 atom stereocenters. The molecule has 3 aliphatic rings. The summed E-state index contributed by atoms with van der Waals surface area (Å²) in [5, 5.41) is 9.86. The van der Waals surface area contributed by atoms with Crippen LogP contribution in [0.3, 0.4) is 0 Å². The Hall–Kier alpha value is -1.24. The minimum absolute atomic E-state index is 0.243. The Morgan fingerprint density at radius 3 is 2.60 bits per heavy atom. The molecule has 0 spiro atoms. The van der Waals surface area contributed by atoms with Gasteiger partial charge in [0, 0.05) is 62.6 Å². The fourth-order valence-electron chi connectivity index (χ4n) is 4.26. The van der Waals surface area contributed by atoms with Crippen molar-refractivity contribution in [2.24, 2.45) is 11.8 Å². The zero-order valence-corrected chi connectivity index (χ0v) is 15.2. The van der Waals surface area contributed by atoms with Crippen LogP contribution in [-0.2, 0) is 4.74 Å². The molecule has 6 nitrogen and oxygen atoms in total. The second kappa shape index (κ2) is 7.56. The molecule has 0 bridgehead atoms. The number of hydrogen-bond donors (Lipinski definition) is 1. The molecule has 3 heterocycles. The smallest absolute Gasteiger partial charge is 0.225 e. The Morgan fingerprint density at radius 2 is 1.92 bits per heavy atom. The summed E-state index contributed by atoms with van der Waals surface area (Å²) in [4.78, 5) is 14.4. The molecule has 0 radical (unpaired) electrons. The Morgan fingerprint density at radius 1 is 1.16 bits per heavy atom. The van der Waals surface area contributed by atoms with E-state index in [0.29, 0.717) is 17.8 Å². The summed E-state index contributed by atoms with van der Waals surface area (Å²) < 4.78 is 5.45. The molecule has 0 amide bonds. The van der Waals surface area contributed by atoms with Crippen molar-refractivity contribution in [3.63, 3.8) is 0 Å². The van der Waals surface area contributed by atoms with Crippen molar-refractivity contribution in [1.82, 2.24) is 14.9 Å². The maximum atomic E-state index is 9.86. The van der Waals surface area contributed by atoms with Crippen molar-refractivity contribution in [3.05, 3.63) is 17.5 Å². The monoisotopic (exact) mass is 346 g/mol. The molecule has 1 aliphatic carbocycles. The second-order valence-electron chi connectivity index (χ2n) is 7.88. The van der Waals surface area contributed by atoms with Crippen molar-refractivity contribution in [2.45, 2.75) is 32.1 Å². The molecule has 3 fully saturated rings. The van der Waals surface area contributed by atoms with E-state index in [-0.39, 0.29) is 6.61 Å². The van der Waals surface area contributed by atoms with E-state index in [4.69, 9.17) is 14.7 Å². The number of rotatable bonds is 5. The summed E-state index contributed by atoms with van der Waals surface area (Å²) in [5.41, 5.74) is 2.27. The Kier molecular flexibility index (Phi) is 5.20. The molecule has 1 aromatic heterocycles. The summed E-state index contributed by atoms with van der Waals surface area (Å²) >= 11 is 0. The molecule has 2 aliphatic heterocycles. The van der Waals surface area contributed by atoms with E-state index in [1.54, 1.807) is 0 Å². The average molecular weight is 346 g/mol. The van der Waals surface area contributed by atoms with Gasteiger partial charge in [-0.2, -0.15) is 0 Å². The summed E-state index contributed by atoms with van der Waals surface area (Å²) in [5.74, 6) is 2.27. The summed E-state index contributed by atoms with van der Waals surface area (Å²) in [6.07, 6.45) is 3.84. The number of aliphatic hydroxyl groups excluding tert-OH is 1. The molecule has 1 saturated carbocycles. The topological polar surface area (TPSA) is 61.7 Å². The van der Waals surface area contributed by atoms with Crippen molar-refractivity contribution >= 4 is 5.95 Å². The zero-order valence-electron chi connectivity index (χ0n) is 15.2. The lowest BCUT2D eigenvalue weighted by molar-refractivity contribution is 0.0268. The van der Waals surface area contributed by atoms with Crippen LogP contribution in [0, 0.1) is 18.8 Å². The molecule has 0 unspecified atom stereocenters. The number of aryl methyl sites for hydroxylation is 1. The fraction of sp³-hybridized carbons (Fsp3) is 0.789. The SMILES string of the molecule is Cc1cc(C2CCC2)nc(N2C[C@@H](CN3CCOCC3)[C@@H](CO)C2)n1. The third kappa shape index (κ3) is 3.81. The van der Waals surface area contributed by atoms with Gasteiger partial charge in [-0.25, -0.2) is 9.97 Å². The summed E-state index contributed by atoms with van der Waals surface area (Å²) in [6.45, 7) is 8.80. The molecule has 0 aromatic carbocycles. The van der Waals surface area contributed by atoms with Gasteiger partial charge in [-0.1, -0.05) is 6.42 Å². The summed E-state index contributed by atoms with van der Waals surface area (Å²) in [7, 11) is 0. The van der Waals surface area contributed by atoms with Crippen LogP contribution in [0.4, 0.5) is 5.95 Å². The maximum absolute atomic E-state index is 9.86. The van der Waals surface area contributed by atoms with E-state index in [1.807, 2.05) is 0 Å². The van der Waals surface area contributed by atoms with Crippen LogP contribution >= 0.6 is 0 Å². The molecular formula is C19H30N4O2. The molecule has 2 saturated heterocycles. The first-order valence-electron chi connectivity index (χ1n) is 9.74. The lowest BCUT2D eigenvalue weighted by Gasteiger charge is -2.30. The summed E-state index contributed by atoms with van der Waals surface area (Å²) in [6, 6.07) is 2.15. The quantitative estimate of drug-likeness (QED) is 0.870. The van der Waals surface area contributed by atoms with Gasteiger partial charge in [0.15, 0.2) is 0 Å². The standard InChI is InChI=1S/C19H30N4O2/c1-14-9-18(15-3-2-4-15)21-19(20-14)23-11-16(17(12-23)13-24)10-22-5-7-25-8-6-22/h9,15-17,24H,2-8,10-13H2,1H3/t16-,17-/m1/s1. The van der Waals surface area contributed by atoms with Crippen LogP contribution in [0.15, 0.2) is 6.07 Å². The fourth-order valence-corrected chi connectivity index (χ4v) is 4.26. The van der Waals surface area contributed by atoms with Gasteiger partial charge < -0.3 is 14.7 Å². The molecule has 4 rings (SSSR count). The van der Waals surface area contributed by atoms with Crippen molar-refractivity contribution < 1.29 is 9.84 Å². The van der Waals surface area contributed by atoms with Crippen molar-refractivity contribution in [3.8, 4) is 0 Å². The first-order valence-corrected chi connectivity index (χ1v) is 9.74. The van der Waals surface area contributed by atoms with Gasteiger partial charge in [0.25, 0.3) is 0 Å². The second-order valence-corrected chi connectivity index (χ2v) is 7.88. The highest BCUT2D eigenvalue weighted by atomic mass is 16.5. The van der Waals surface area contributed by atoms with Gasteiger partial charge in [0.2, 0.25) is 5.95 Å². The number of ether oxygens (including phenoxy) is 1. The maximum Gasteiger partial charge on any atom is 0.225 e. The third-order valence-electron chi connectivity index (χ3n) is 6.08. The average Bonchev–Trinajstić information content (AvgIpc) is 2.97. The number of aliphatic hydroxyl groups is 1. The van der Waals surface area contributed by atoms with Crippen LogP contribution in [-0.4, -0.2) is 72.5 Å². The molecular weight excluding hydrogens is 316 g/mol. The van der Waals surface area contributed by atoms with E-state index in [1.165, 1.54) is 25.0 Å². The van der Waals surface area contributed by atoms with E-state index in [9.17, 15) is 5.11 Å². The van der Waals surface area contributed by atoms with Gasteiger partial charge in [-0.3, -0.25) is 4.90 Å². The zero-order chi connectivity index (χ0) is 17.2. The van der Waals surface area contributed by atoms with Crippen molar-refractivity contribution in [2.75, 3.05) is 57.4 Å². The van der Waals surface area contributed by atoms with E-state index < -0.39 is 0 Å². The first kappa shape index (κ1) is 17.2. The molecule has 6 heteroatoms. The Bertz CT molecular complexity index is 587. The number of nitrogens with zero attached hydrogens (tertiary/aromatic N) is 4. The first-order chi connectivity index (χ1) is 12.2. The van der Waals surface area contributed by atoms with Gasteiger partial charge in [0.1, 0.15) is 0 Å². The number of morpholine rings is 1. The normalized spacial score (nSPS) is 28.3. The van der Waals surface area contributed by atoms with Gasteiger partial charge in [0.05, 0.1) is 13.2 Å². The Labute approximate surface area is 150 Å². The molecule has 1 aromatic rings. The highest BCUT2D eigenvalue weighted by Gasteiger charge is 2.35. The molecule has 138 valence electrons. The largest absolute Gasteiger partial charge is 0.396 e. The van der Waals surface area contributed by atoms with E-state index >= 15 is 0 Å². The van der Waals surface area contributed by atoms with Gasteiger partial charge in [-0.15, -0.1) is 0 Å². The third-order valence-corrected chi connectivity index (χ3v) is 6.08. The van der Waals surface area contributed by atoms with Crippen LogP contribution in [0.25, 0.3) is 0 Å². The minimum atomic E-state index is 0.243. The lowest BCUT2D eigenvalue weighted by Crippen LogP contribution is -2.41. The number of anilines is 1.